The first-order valence-electron chi connectivity index (χ1n) is 7.60. The van der Waals surface area contributed by atoms with Crippen molar-refractivity contribution in [2.24, 2.45) is 0 Å². The first-order valence-corrected chi connectivity index (χ1v) is 7.60. The third-order valence-corrected chi connectivity index (χ3v) is 3.45. The Morgan fingerprint density at radius 2 is 2.24 bits per heavy atom. The van der Waals surface area contributed by atoms with Crippen LogP contribution < -0.4 is 4.90 Å². The molecule has 116 valence electrons. The molecular formula is C16H24N2O3. The van der Waals surface area contributed by atoms with Crippen LogP contribution in [0.3, 0.4) is 0 Å². The smallest absolute Gasteiger partial charge is 0.229 e. The molecule has 0 N–H and O–H groups in total. The molecule has 1 aromatic rings. The molecule has 1 aromatic heterocycles. The van der Waals surface area contributed by atoms with E-state index in [1.54, 1.807) is 17.3 Å². The number of hydrogen-bond donors (Lipinski definition) is 0. The highest BCUT2D eigenvalue weighted by Gasteiger charge is 2.23. The molecule has 0 aromatic carbocycles. The van der Waals surface area contributed by atoms with E-state index in [2.05, 4.69) is 4.98 Å². The Kier molecular flexibility index (Phi) is 6.14. The lowest BCUT2D eigenvalue weighted by atomic mass is 10.2. The van der Waals surface area contributed by atoms with Crippen LogP contribution in [-0.4, -0.2) is 42.9 Å². The van der Waals surface area contributed by atoms with E-state index in [1.165, 1.54) is 0 Å². The zero-order valence-corrected chi connectivity index (χ0v) is 12.8. The number of carbonyl (C=O) groups is 1. The minimum Gasteiger partial charge on any atom is -0.378 e. The lowest BCUT2D eigenvalue weighted by Gasteiger charge is -2.25. The maximum Gasteiger partial charge on any atom is 0.229 e. The van der Waals surface area contributed by atoms with Gasteiger partial charge in [0.1, 0.15) is 0 Å². The molecule has 5 nitrogen and oxygen atoms in total. The molecule has 1 fully saturated rings. The monoisotopic (exact) mass is 292 g/mol. The zero-order valence-electron chi connectivity index (χ0n) is 12.8. The number of nitrogens with zero attached hydrogens (tertiary/aromatic N) is 2. The summed E-state index contributed by atoms with van der Waals surface area (Å²) in [5, 5.41) is 0. The molecule has 0 saturated carbocycles. The van der Waals surface area contributed by atoms with Gasteiger partial charge >= 0.3 is 0 Å². The fraction of sp³-hybridized carbons (Fsp3) is 0.625. The number of ether oxygens (including phenoxy) is 2. The van der Waals surface area contributed by atoms with Crippen LogP contribution in [0, 0.1) is 0 Å². The van der Waals surface area contributed by atoms with Crippen LogP contribution in [0.4, 0.5) is 5.69 Å². The van der Waals surface area contributed by atoms with Gasteiger partial charge in [0.05, 0.1) is 31.8 Å². The van der Waals surface area contributed by atoms with Gasteiger partial charge in [-0.2, -0.15) is 0 Å². The Hall–Kier alpha value is -1.46. The molecule has 0 bridgehead atoms. The Labute approximate surface area is 126 Å². The second kappa shape index (κ2) is 8.10. The predicted molar refractivity (Wildman–Crippen MR) is 81.3 cm³/mol. The molecule has 1 aliphatic heterocycles. The fourth-order valence-electron chi connectivity index (χ4n) is 2.38. The largest absolute Gasteiger partial charge is 0.378 e. The van der Waals surface area contributed by atoms with E-state index in [-0.39, 0.29) is 18.1 Å². The van der Waals surface area contributed by atoms with Crippen molar-refractivity contribution in [2.45, 2.75) is 45.3 Å². The molecule has 1 aliphatic rings. The van der Waals surface area contributed by atoms with Crippen molar-refractivity contribution in [2.75, 3.05) is 24.7 Å². The van der Waals surface area contributed by atoms with Gasteiger partial charge < -0.3 is 14.4 Å². The normalized spacial score (nSPS) is 18.1. The van der Waals surface area contributed by atoms with Crippen molar-refractivity contribution in [3.63, 3.8) is 0 Å². The molecule has 0 spiro atoms. The van der Waals surface area contributed by atoms with Gasteiger partial charge in [0, 0.05) is 24.7 Å². The summed E-state index contributed by atoms with van der Waals surface area (Å²) in [5.74, 6) is 0.0670. The van der Waals surface area contributed by atoms with Gasteiger partial charge in [-0.1, -0.05) is 0 Å². The minimum absolute atomic E-state index is 0.0670. The second-order valence-electron chi connectivity index (χ2n) is 5.51. The highest BCUT2D eigenvalue weighted by Crippen LogP contribution is 2.19. The zero-order chi connectivity index (χ0) is 15.1. The highest BCUT2D eigenvalue weighted by molar-refractivity contribution is 5.93. The molecule has 1 saturated heterocycles. The summed E-state index contributed by atoms with van der Waals surface area (Å²) in [4.78, 5) is 18.3. The van der Waals surface area contributed by atoms with Crippen LogP contribution in [0.5, 0.6) is 0 Å². The number of pyridine rings is 1. The van der Waals surface area contributed by atoms with Gasteiger partial charge in [-0.15, -0.1) is 0 Å². The van der Waals surface area contributed by atoms with Crippen LogP contribution in [0.2, 0.25) is 0 Å². The van der Waals surface area contributed by atoms with Gasteiger partial charge in [0.25, 0.3) is 0 Å². The summed E-state index contributed by atoms with van der Waals surface area (Å²) in [7, 11) is 0. The Bertz CT molecular complexity index is 430. The lowest BCUT2D eigenvalue weighted by Crippen LogP contribution is -2.38. The quantitative estimate of drug-likeness (QED) is 0.774. The Morgan fingerprint density at radius 1 is 1.48 bits per heavy atom. The average Bonchev–Trinajstić information content (AvgIpc) is 2.98. The van der Waals surface area contributed by atoms with E-state index in [9.17, 15) is 4.79 Å². The van der Waals surface area contributed by atoms with E-state index in [0.717, 1.165) is 25.1 Å². The summed E-state index contributed by atoms with van der Waals surface area (Å²) in [5.41, 5.74) is 0.870. The number of carbonyl (C=O) groups excluding carboxylic acids is 1. The van der Waals surface area contributed by atoms with Gasteiger partial charge in [-0.3, -0.25) is 9.78 Å². The third kappa shape index (κ3) is 5.10. The summed E-state index contributed by atoms with van der Waals surface area (Å²) in [6, 6.07) is 3.71. The standard InChI is InChI=1S/C16H24N2O3/c1-13(2)20-11-7-16(19)18(12-15-4-3-10-21-15)14-5-8-17-9-6-14/h5-6,8-9,13,15H,3-4,7,10-12H2,1-2H3/t15-/m1/s1. The van der Waals surface area contributed by atoms with Gasteiger partial charge in [-0.25, -0.2) is 0 Å². The number of amides is 1. The van der Waals surface area contributed by atoms with Crippen molar-refractivity contribution >= 4 is 11.6 Å². The minimum atomic E-state index is 0.0670. The van der Waals surface area contributed by atoms with E-state index >= 15 is 0 Å². The number of aromatic nitrogens is 1. The molecule has 21 heavy (non-hydrogen) atoms. The number of anilines is 1. The van der Waals surface area contributed by atoms with Gasteiger partial charge in [-0.05, 0) is 38.8 Å². The van der Waals surface area contributed by atoms with Crippen molar-refractivity contribution < 1.29 is 14.3 Å². The van der Waals surface area contributed by atoms with Gasteiger partial charge in [0.2, 0.25) is 5.91 Å². The summed E-state index contributed by atoms with van der Waals surface area (Å²) < 4.78 is 11.1. The molecular weight excluding hydrogens is 268 g/mol. The summed E-state index contributed by atoms with van der Waals surface area (Å²) in [6.07, 6.45) is 6.15. The lowest BCUT2D eigenvalue weighted by molar-refractivity contribution is -0.120. The molecule has 2 rings (SSSR count). The first-order chi connectivity index (χ1) is 10.2. The van der Waals surface area contributed by atoms with Crippen LogP contribution in [0.15, 0.2) is 24.5 Å². The van der Waals surface area contributed by atoms with E-state index < -0.39 is 0 Å². The van der Waals surface area contributed by atoms with Crippen molar-refractivity contribution in [1.82, 2.24) is 4.98 Å². The highest BCUT2D eigenvalue weighted by atomic mass is 16.5. The molecule has 1 atom stereocenters. The number of rotatable bonds is 7. The van der Waals surface area contributed by atoms with Crippen molar-refractivity contribution in [3.8, 4) is 0 Å². The van der Waals surface area contributed by atoms with Crippen LogP contribution in [0.25, 0.3) is 0 Å². The van der Waals surface area contributed by atoms with E-state index in [0.29, 0.717) is 19.6 Å². The molecule has 2 heterocycles. The Morgan fingerprint density at radius 3 is 2.86 bits per heavy atom. The third-order valence-electron chi connectivity index (χ3n) is 3.45. The second-order valence-corrected chi connectivity index (χ2v) is 5.51. The van der Waals surface area contributed by atoms with Crippen LogP contribution in [-0.2, 0) is 14.3 Å². The van der Waals surface area contributed by atoms with Gasteiger partial charge in [0.15, 0.2) is 0 Å². The Balaban J connectivity index is 1.98. The molecule has 1 amide bonds. The van der Waals surface area contributed by atoms with Crippen LogP contribution >= 0.6 is 0 Å². The van der Waals surface area contributed by atoms with Crippen molar-refractivity contribution in [3.05, 3.63) is 24.5 Å². The number of hydrogen-bond acceptors (Lipinski definition) is 4. The topological polar surface area (TPSA) is 51.7 Å². The SMILES string of the molecule is CC(C)OCCC(=O)N(C[C@H]1CCCO1)c1ccncc1. The average molecular weight is 292 g/mol. The maximum atomic E-state index is 12.5. The first kappa shape index (κ1) is 15.9. The van der Waals surface area contributed by atoms with E-state index in [4.69, 9.17) is 9.47 Å². The molecule has 0 unspecified atom stereocenters. The molecule has 0 radical (unpaired) electrons. The fourth-order valence-corrected chi connectivity index (χ4v) is 2.38. The predicted octanol–water partition coefficient (Wildman–Crippen LogP) is 2.41. The van der Waals surface area contributed by atoms with Crippen LogP contribution in [0.1, 0.15) is 33.1 Å². The molecule has 5 heteroatoms. The molecule has 0 aliphatic carbocycles. The van der Waals surface area contributed by atoms with Crippen molar-refractivity contribution in [1.29, 1.82) is 0 Å². The van der Waals surface area contributed by atoms with E-state index in [1.807, 2.05) is 26.0 Å². The summed E-state index contributed by atoms with van der Waals surface area (Å²) in [6.45, 7) is 5.78. The maximum absolute atomic E-state index is 12.5. The summed E-state index contributed by atoms with van der Waals surface area (Å²) >= 11 is 0.